The summed E-state index contributed by atoms with van der Waals surface area (Å²) in [6, 6.07) is 18.5. The number of anilines is 1. The summed E-state index contributed by atoms with van der Waals surface area (Å²) in [5.41, 5.74) is 3.84. The van der Waals surface area contributed by atoms with E-state index in [9.17, 15) is 18.0 Å². The normalized spacial score (nSPS) is 12.0. The summed E-state index contributed by atoms with van der Waals surface area (Å²) in [6.45, 7) is 9.71. The van der Waals surface area contributed by atoms with Gasteiger partial charge in [-0.05, 0) is 75.1 Å². The molecule has 226 valence electrons. The molecule has 0 heterocycles. The van der Waals surface area contributed by atoms with Gasteiger partial charge in [0.2, 0.25) is 11.8 Å². The van der Waals surface area contributed by atoms with Crippen molar-refractivity contribution >= 4 is 27.5 Å². The van der Waals surface area contributed by atoms with Crippen LogP contribution in [0, 0.1) is 20.8 Å². The monoisotopic (exact) mass is 593 g/mol. The quantitative estimate of drug-likeness (QED) is 0.248. The van der Waals surface area contributed by atoms with Crippen molar-refractivity contribution in [1.29, 1.82) is 0 Å². The fourth-order valence-electron chi connectivity index (χ4n) is 4.79. The maximum atomic E-state index is 14.2. The van der Waals surface area contributed by atoms with Gasteiger partial charge in [-0.15, -0.1) is 0 Å². The van der Waals surface area contributed by atoms with Crippen molar-refractivity contribution in [3.63, 3.8) is 0 Å². The Morgan fingerprint density at radius 3 is 2.12 bits per heavy atom. The Bertz CT molecular complexity index is 1450. The third-order valence-electron chi connectivity index (χ3n) is 7.24. The molecular weight excluding hydrogens is 550 g/mol. The van der Waals surface area contributed by atoms with Crippen LogP contribution in [0.25, 0.3) is 0 Å². The summed E-state index contributed by atoms with van der Waals surface area (Å²) in [5.74, 6) is -0.0579. The molecule has 0 saturated heterocycles. The van der Waals surface area contributed by atoms with E-state index in [4.69, 9.17) is 4.74 Å². The van der Waals surface area contributed by atoms with E-state index in [0.29, 0.717) is 24.4 Å². The van der Waals surface area contributed by atoms with Gasteiger partial charge in [0, 0.05) is 13.1 Å². The molecule has 2 amide bonds. The third-order valence-corrected chi connectivity index (χ3v) is 9.01. The number of methoxy groups -OCH3 is 1. The third kappa shape index (κ3) is 8.12. The van der Waals surface area contributed by atoms with Gasteiger partial charge >= 0.3 is 0 Å². The molecule has 3 rings (SSSR count). The second-order valence-corrected chi connectivity index (χ2v) is 12.4. The highest BCUT2D eigenvalue weighted by Gasteiger charge is 2.34. The first-order chi connectivity index (χ1) is 20.0. The zero-order chi connectivity index (χ0) is 30.9. The number of sulfonamides is 1. The van der Waals surface area contributed by atoms with E-state index in [-0.39, 0.29) is 17.3 Å². The van der Waals surface area contributed by atoms with Crippen LogP contribution in [-0.4, -0.2) is 51.4 Å². The van der Waals surface area contributed by atoms with Crippen molar-refractivity contribution in [3.05, 3.63) is 89.0 Å². The van der Waals surface area contributed by atoms with Crippen LogP contribution >= 0.6 is 0 Å². The highest BCUT2D eigenvalue weighted by molar-refractivity contribution is 7.92. The molecule has 0 saturated carbocycles. The molecule has 0 aliphatic rings. The summed E-state index contributed by atoms with van der Waals surface area (Å²) < 4.78 is 34.6. The molecule has 3 aromatic carbocycles. The van der Waals surface area contributed by atoms with E-state index < -0.39 is 28.5 Å². The second-order valence-electron chi connectivity index (χ2n) is 10.6. The molecule has 1 unspecified atom stereocenters. The van der Waals surface area contributed by atoms with Gasteiger partial charge in [0.05, 0.1) is 17.7 Å². The molecule has 8 nitrogen and oxygen atoms in total. The van der Waals surface area contributed by atoms with Crippen LogP contribution in [0.5, 0.6) is 5.75 Å². The van der Waals surface area contributed by atoms with Gasteiger partial charge in [0.1, 0.15) is 18.3 Å². The van der Waals surface area contributed by atoms with Gasteiger partial charge < -0.3 is 15.0 Å². The van der Waals surface area contributed by atoms with E-state index in [2.05, 4.69) is 5.32 Å². The van der Waals surface area contributed by atoms with Crippen LogP contribution in [0.4, 0.5) is 5.69 Å². The van der Waals surface area contributed by atoms with E-state index in [1.807, 2.05) is 58.9 Å². The van der Waals surface area contributed by atoms with Gasteiger partial charge in [0.25, 0.3) is 10.0 Å². The number of hydrogen-bond acceptors (Lipinski definition) is 5. The first-order valence-electron chi connectivity index (χ1n) is 14.4. The molecule has 9 heteroatoms. The topological polar surface area (TPSA) is 96.0 Å². The molecule has 0 bridgehead atoms. The molecule has 0 aromatic heterocycles. The van der Waals surface area contributed by atoms with E-state index in [1.54, 1.807) is 49.6 Å². The molecule has 3 aromatic rings. The Labute approximate surface area is 250 Å². The molecule has 0 spiro atoms. The molecule has 0 aliphatic carbocycles. The molecule has 1 N–H and O–H groups in total. The van der Waals surface area contributed by atoms with Crippen molar-refractivity contribution in [2.24, 2.45) is 0 Å². The fraction of sp³-hybridized carbons (Fsp3) is 0.394. The predicted octanol–water partition coefficient (Wildman–Crippen LogP) is 5.54. The molecule has 0 radical (unpaired) electrons. The van der Waals surface area contributed by atoms with Crippen LogP contribution in [0.2, 0.25) is 0 Å². The van der Waals surface area contributed by atoms with Crippen molar-refractivity contribution in [3.8, 4) is 5.75 Å². The van der Waals surface area contributed by atoms with Gasteiger partial charge in [-0.2, -0.15) is 0 Å². The molecular formula is C33H43N3O5S. The minimum absolute atomic E-state index is 0.0897. The van der Waals surface area contributed by atoms with Crippen LogP contribution in [-0.2, 0) is 26.2 Å². The number of benzene rings is 3. The largest absolute Gasteiger partial charge is 0.497 e. The smallest absolute Gasteiger partial charge is 0.264 e. The number of ether oxygens (including phenoxy) is 1. The summed E-state index contributed by atoms with van der Waals surface area (Å²) in [5, 5.41) is 2.95. The average molecular weight is 594 g/mol. The summed E-state index contributed by atoms with van der Waals surface area (Å²) in [6.07, 6.45) is 2.12. The van der Waals surface area contributed by atoms with Gasteiger partial charge in [0.15, 0.2) is 0 Å². The van der Waals surface area contributed by atoms with Crippen molar-refractivity contribution in [2.75, 3.05) is 24.5 Å². The predicted molar refractivity (Wildman–Crippen MR) is 167 cm³/mol. The van der Waals surface area contributed by atoms with E-state index in [0.717, 1.165) is 39.4 Å². The number of carbonyl (C=O) groups is 2. The standard InChI is InChI=1S/C33H43N3O5S/c1-7-9-20-34-33(38)30(8-2)35(22-27-13-15-28(41-6)16-14-27)32(37)23-36(31-19-12-25(4)21-26(31)5)42(39,40)29-17-10-24(3)11-18-29/h10-19,21,30H,7-9,20,22-23H2,1-6H3,(H,34,38). The molecule has 42 heavy (non-hydrogen) atoms. The molecule has 0 aliphatic heterocycles. The Kier molecular flexibility index (Phi) is 11.6. The minimum Gasteiger partial charge on any atom is -0.497 e. The lowest BCUT2D eigenvalue weighted by Gasteiger charge is -2.33. The molecule has 0 fully saturated rings. The first kappa shape index (κ1) is 32.7. The number of nitrogens with one attached hydrogen (secondary N) is 1. The van der Waals surface area contributed by atoms with Crippen LogP contribution < -0.4 is 14.4 Å². The van der Waals surface area contributed by atoms with Crippen LogP contribution in [0.3, 0.4) is 0 Å². The lowest BCUT2D eigenvalue weighted by atomic mass is 10.1. The van der Waals surface area contributed by atoms with Crippen LogP contribution in [0.1, 0.15) is 55.4 Å². The summed E-state index contributed by atoms with van der Waals surface area (Å²) in [7, 11) is -2.54. The zero-order valence-corrected chi connectivity index (χ0v) is 26.3. The lowest BCUT2D eigenvalue weighted by molar-refractivity contribution is -0.140. The number of hydrogen-bond donors (Lipinski definition) is 1. The van der Waals surface area contributed by atoms with Crippen molar-refractivity contribution < 1.29 is 22.7 Å². The summed E-state index contributed by atoms with van der Waals surface area (Å²) in [4.78, 5) is 29.1. The second kappa shape index (κ2) is 14.9. The highest BCUT2D eigenvalue weighted by atomic mass is 32.2. The van der Waals surface area contributed by atoms with Crippen molar-refractivity contribution in [2.45, 2.75) is 71.4 Å². The summed E-state index contributed by atoms with van der Waals surface area (Å²) >= 11 is 0. The number of aryl methyl sites for hydroxylation is 3. The SMILES string of the molecule is CCCCNC(=O)C(CC)N(Cc1ccc(OC)cc1)C(=O)CN(c1ccc(C)cc1C)S(=O)(=O)c1ccc(C)cc1. The first-order valence-corrected chi connectivity index (χ1v) is 15.8. The number of carbonyl (C=O) groups excluding carboxylic acids is 2. The average Bonchev–Trinajstić information content (AvgIpc) is 2.96. The Morgan fingerprint density at radius 2 is 1.55 bits per heavy atom. The highest BCUT2D eigenvalue weighted by Crippen LogP contribution is 2.28. The van der Waals surface area contributed by atoms with Gasteiger partial charge in [-0.3, -0.25) is 13.9 Å². The zero-order valence-electron chi connectivity index (χ0n) is 25.5. The maximum absolute atomic E-state index is 14.2. The lowest BCUT2D eigenvalue weighted by Crippen LogP contribution is -2.52. The van der Waals surface area contributed by atoms with E-state index >= 15 is 0 Å². The van der Waals surface area contributed by atoms with Gasteiger partial charge in [-0.1, -0.05) is 67.8 Å². The Balaban J connectivity index is 2.06. The van der Waals surface area contributed by atoms with Crippen molar-refractivity contribution in [1.82, 2.24) is 10.2 Å². The number of rotatable bonds is 14. The van der Waals surface area contributed by atoms with Crippen LogP contribution in [0.15, 0.2) is 71.6 Å². The number of amides is 2. The number of unbranched alkanes of at least 4 members (excludes halogenated alkanes) is 1. The Hall–Kier alpha value is -3.85. The molecule has 1 atom stereocenters. The number of nitrogens with zero attached hydrogens (tertiary/aromatic N) is 2. The fourth-order valence-corrected chi connectivity index (χ4v) is 6.27. The maximum Gasteiger partial charge on any atom is 0.264 e. The minimum atomic E-state index is -4.12. The Morgan fingerprint density at radius 1 is 0.905 bits per heavy atom. The van der Waals surface area contributed by atoms with Gasteiger partial charge in [-0.25, -0.2) is 8.42 Å². The van der Waals surface area contributed by atoms with E-state index in [1.165, 1.54) is 4.90 Å².